The van der Waals surface area contributed by atoms with Gasteiger partial charge in [0.05, 0.1) is 46.5 Å². The molecule has 0 spiro atoms. The summed E-state index contributed by atoms with van der Waals surface area (Å²) < 4.78 is 6.37. The molecule has 0 aliphatic carbocycles. The summed E-state index contributed by atoms with van der Waals surface area (Å²) in [5, 5.41) is 12.4. The summed E-state index contributed by atoms with van der Waals surface area (Å²) >= 11 is 15.9. The number of benzene rings is 4. The van der Waals surface area contributed by atoms with E-state index in [-0.39, 0.29) is 6.04 Å². The largest absolute Gasteiger partial charge is 0.497 e. The van der Waals surface area contributed by atoms with Crippen LogP contribution in [0.25, 0.3) is 0 Å². The number of hydrazone groups is 2. The fourth-order valence-corrected chi connectivity index (χ4v) is 4.89. The maximum atomic E-state index is 6.20. The van der Waals surface area contributed by atoms with Crippen molar-refractivity contribution < 1.29 is 4.74 Å². The lowest BCUT2D eigenvalue weighted by Crippen LogP contribution is -2.18. The van der Waals surface area contributed by atoms with Crippen molar-refractivity contribution in [2.75, 3.05) is 17.5 Å². The first-order valence-electron chi connectivity index (χ1n) is 11.6. The van der Waals surface area contributed by atoms with Crippen LogP contribution in [0.2, 0.25) is 10.0 Å². The number of halogens is 3. The van der Waals surface area contributed by atoms with Gasteiger partial charge in [0.1, 0.15) is 5.75 Å². The van der Waals surface area contributed by atoms with Gasteiger partial charge >= 0.3 is 0 Å². The van der Waals surface area contributed by atoms with Gasteiger partial charge in [0.25, 0.3) is 0 Å². The first kappa shape index (κ1) is 25.3. The number of anilines is 2. The Kier molecular flexibility index (Phi) is 7.79. The SMILES string of the molecule is COc1ccc(C2=NN(c3ccc(/C=N/Nc4c(Cl)cccc4Cl)cc3)C(c3ccc(Br)cc3)C2)cc1. The van der Waals surface area contributed by atoms with E-state index >= 15 is 0 Å². The summed E-state index contributed by atoms with van der Waals surface area (Å²) in [6.07, 6.45) is 2.52. The molecule has 0 aromatic heterocycles. The highest BCUT2D eigenvalue weighted by molar-refractivity contribution is 9.10. The van der Waals surface area contributed by atoms with E-state index in [1.807, 2.05) is 24.3 Å². The summed E-state index contributed by atoms with van der Waals surface area (Å²) in [5.74, 6) is 0.826. The van der Waals surface area contributed by atoms with E-state index in [1.54, 1.807) is 31.5 Å². The number of nitrogens with zero attached hydrogens (tertiary/aromatic N) is 3. The molecule has 1 heterocycles. The van der Waals surface area contributed by atoms with Gasteiger partial charge in [-0.05, 0) is 77.4 Å². The van der Waals surface area contributed by atoms with Gasteiger partial charge in [-0.2, -0.15) is 10.2 Å². The molecular weight excluding hydrogens is 571 g/mol. The van der Waals surface area contributed by atoms with Gasteiger partial charge in [0.15, 0.2) is 0 Å². The Morgan fingerprint density at radius 3 is 2.27 bits per heavy atom. The second-order valence-electron chi connectivity index (χ2n) is 8.45. The number of ether oxygens (including phenoxy) is 1. The van der Waals surface area contributed by atoms with Crippen LogP contribution in [0.15, 0.2) is 106 Å². The number of methoxy groups -OCH3 is 1. The van der Waals surface area contributed by atoms with Crippen molar-refractivity contribution in [3.63, 3.8) is 0 Å². The third-order valence-electron chi connectivity index (χ3n) is 6.10. The van der Waals surface area contributed by atoms with Crippen LogP contribution in [0.4, 0.5) is 11.4 Å². The van der Waals surface area contributed by atoms with E-state index in [0.717, 1.165) is 39.2 Å². The Labute approximate surface area is 234 Å². The van der Waals surface area contributed by atoms with E-state index in [1.165, 1.54) is 5.56 Å². The average Bonchev–Trinajstić information content (AvgIpc) is 3.37. The number of rotatable bonds is 7. The Balaban J connectivity index is 1.39. The molecular formula is C29H23BrCl2N4O. The highest BCUT2D eigenvalue weighted by atomic mass is 79.9. The molecule has 0 saturated heterocycles. The molecule has 1 aliphatic rings. The van der Waals surface area contributed by atoms with Gasteiger partial charge in [-0.15, -0.1) is 0 Å². The molecule has 1 atom stereocenters. The monoisotopic (exact) mass is 592 g/mol. The molecule has 0 bridgehead atoms. The number of hydrogen-bond acceptors (Lipinski definition) is 5. The summed E-state index contributed by atoms with van der Waals surface area (Å²) in [5.41, 5.74) is 8.74. The maximum Gasteiger partial charge on any atom is 0.118 e. The van der Waals surface area contributed by atoms with Crippen LogP contribution in [0.5, 0.6) is 5.75 Å². The molecule has 37 heavy (non-hydrogen) atoms. The first-order valence-corrected chi connectivity index (χ1v) is 13.2. The average molecular weight is 594 g/mol. The van der Waals surface area contributed by atoms with Gasteiger partial charge < -0.3 is 4.74 Å². The lowest BCUT2D eigenvalue weighted by molar-refractivity contribution is 0.415. The van der Waals surface area contributed by atoms with Gasteiger partial charge in [0.2, 0.25) is 0 Å². The van der Waals surface area contributed by atoms with E-state index in [2.05, 4.69) is 80.0 Å². The van der Waals surface area contributed by atoms with Crippen molar-refractivity contribution in [1.29, 1.82) is 0 Å². The van der Waals surface area contributed by atoms with E-state index < -0.39 is 0 Å². The van der Waals surface area contributed by atoms with Crippen molar-refractivity contribution in [3.8, 4) is 5.75 Å². The molecule has 4 aromatic rings. The third-order valence-corrected chi connectivity index (χ3v) is 7.26. The molecule has 0 amide bonds. The van der Waals surface area contributed by atoms with Crippen LogP contribution in [0.3, 0.4) is 0 Å². The maximum absolute atomic E-state index is 6.20. The molecule has 1 N–H and O–H groups in total. The molecule has 0 saturated carbocycles. The summed E-state index contributed by atoms with van der Waals surface area (Å²) in [6, 6.07) is 30.0. The van der Waals surface area contributed by atoms with Crippen LogP contribution >= 0.6 is 39.1 Å². The highest BCUT2D eigenvalue weighted by Crippen LogP contribution is 2.37. The van der Waals surface area contributed by atoms with Gasteiger partial charge in [-0.1, -0.05) is 69.5 Å². The van der Waals surface area contributed by atoms with E-state index in [4.69, 9.17) is 33.0 Å². The summed E-state index contributed by atoms with van der Waals surface area (Å²) in [7, 11) is 1.67. The van der Waals surface area contributed by atoms with Crippen LogP contribution in [-0.4, -0.2) is 19.0 Å². The zero-order chi connectivity index (χ0) is 25.8. The zero-order valence-electron chi connectivity index (χ0n) is 19.9. The first-order chi connectivity index (χ1) is 18.0. The van der Waals surface area contributed by atoms with Crippen molar-refractivity contribution in [2.24, 2.45) is 10.2 Å². The molecule has 186 valence electrons. The third kappa shape index (κ3) is 5.82. The highest BCUT2D eigenvalue weighted by Gasteiger charge is 2.30. The fraction of sp³-hybridized carbons (Fsp3) is 0.103. The Morgan fingerprint density at radius 1 is 0.946 bits per heavy atom. The zero-order valence-corrected chi connectivity index (χ0v) is 23.0. The predicted octanol–water partition coefficient (Wildman–Crippen LogP) is 8.57. The molecule has 5 rings (SSSR count). The van der Waals surface area contributed by atoms with Gasteiger partial charge in [-0.3, -0.25) is 10.4 Å². The number of hydrogen-bond donors (Lipinski definition) is 1. The lowest BCUT2D eigenvalue weighted by atomic mass is 9.98. The Morgan fingerprint density at radius 2 is 1.62 bits per heavy atom. The van der Waals surface area contributed by atoms with Crippen molar-refractivity contribution >= 4 is 62.4 Å². The van der Waals surface area contributed by atoms with Crippen molar-refractivity contribution in [1.82, 2.24) is 0 Å². The fourth-order valence-electron chi connectivity index (χ4n) is 4.14. The van der Waals surface area contributed by atoms with Gasteiger partial charge in [-0.25, -0.2) is 0 Å². The minimum atomic E-state index is 0.0775. The van der Waals surface area contributed by atoms with E-state index in [0.29, 0.717) is 15.7 Å². The predicted molar refractivity (Wildman–Crippen MR) is 158 cm³/mol. The molecule has 4 aromatic carbocycles. The lowest BCUT2D eigenvalue weighted by Gasteiger charge is -2.24. The van der Waals surface area contributed by atoms with Crippen LogP contribution < -0.4 is 15.2 Å². The molecule has 5 nitrogen and oxygen atoms in total. The minimum Gasteiger partial charge on any atom is -0.497 e. The smallest absolute Gasteiger partial charge is 0.118 e. The Hall–Kier alpha value is -3.32. The van der Waals surface area contributed by atoms with Gasteiger partial charge in [0, 0.05) is 10.9 Å². The number of para-hydroxylation sites is 1. The molecule has 1 aliphatic heterocycles. The van der Waals surface area contributed by atoms with E-state index in [9.17, 15) is 0 Å². The normalized spacial score (nSPS) is 15.2. The molecule has 8 heteroatoms. The standard InChI is InChI=1S/C29H23BrCl2N4O/c1-37-24-15-9-20(10-16-24)27-17-28(21-7-11-22(30)12-8-21)36(35-27)23-13-5-19(6-14-23)18-33-34-29-25(31)3-2-4-26(29)32/h2-16,18,28,34H,17H2,1H3/b33-18+. The van der Waals surface area contributed by atoms with Crippen LogP contribution in [0.1, 0.15) is 29.2 Å². The topological polar surface area (TPSA) is 49.2 Å². The molecule has 0 fully saturated rings. The minimum absolute atomic E-state index is 0.0775. The summed E-state index contributed by atoms with van der Waals surface area (Å²) in [4.78, 5) is 0. The molecule has 0 radical (unpaired) electrons. The second-order valence-corrected chi connectivity index (χ2v) is 10.2. The molecule has 1 unspecified atom stereocenters. The van der Waals surface area contributed by atoms with Crippen LogP contribution in [-0.2, 0) is 0 Å². The Bertz CT molecular complexity index is 1420. The summed E-state index contributed by atoms with van der Waals surface area (Å²) in [6.45, 7) is 0. The second kappa shape index (κ2) is 11.4. The van der Waals surface area contributed by atoms with Crippen molar-refractivity contribution in [2.45, 2.75) is 12.5 Å². The van der Waals surface area contributed by atoms with Crippen LogP contribution in [0, 0.1) is 0 Å². The number of nitrogens with one attached hydrogen (secondary N) is 1. The van der Waals surface area contributed by atoms with Crippen molar-refractivity contribution in [3.05, 3.63) is 122 Å². The quantitative estimate of drug-likeness (QED) is 0.172.